The highest BCUT2D eigenvalue weighted by molar-refractivity contribution is 5.85. The molecule has 0 heterocycles. The van der Waals surface area contributed by atoms with Crippen molar-refractivity contribution in [3.05, 3.63) is 59.4 Å². The second kappa shape index (κ2) is 7.41. The first-order chi connectivity index (χ1) is 9.10. The van der Waals surface area contributed by atoms with Crippen LogP contribution in [0.5, 0.6) is 0 Å². The molecule has 1 nitrogen and oxygen atoms in total. The number of hydrogen-bond donors (Lipinski definition) is 1. The highest BCUT2D eigenvalue weighted by Crippen LogP contribution is 2.23. The van der Waals surface area contributed by atoms with Gasteiger partial charge >= 0.3 is 0 Å². The summed E-state index contributed by atoms with van der Waals surface area (Å²) in [7, 11) is 0. The summed E-state index contributed by atoms with van der Waals surface area (Å²) in [6.45, 7) is 4.65. The van der Waals surface area contributed by atoms with E-state index >= 15 is 0 Å². The molecular weight excluding hydrogens is 273 g/mol. The van der Waals surface area contributed by atoms with Crippen LogP contribution in [0.2, 0.25) is 0 Å². The molecule has 0 unspecified atom stereocenters. The lowest BCUT2D eigenvalue weighted by Crippen LogP contribution is -1.99. The van der Waals surface area contributed by atoms with E-state index in [0.29, 0.717) is 11.5 Å². The quantitative estimate of drug-likeness (QED) is 0.878. The molecule has 0 saturated carbocycles. The highest BCUT2D eigenvalue weighted by atomic mass is 35.5. The second-order valence-corrected chi connectivity index (χ2v) is 5.31. The molecule has 0 bridgehead atoms. The highest BCUT2D eigenvalue weighted by Gasteiger charge is 2.04. The van der Waals surface area contributed by atoms with E-state index in [1.165, 1.54) is 11.6 Å². The van der Waals surface area contributed by atoms with E-state index in [1.807, 2.05) is 6.07 Å². The predicted molar refractivity (Wildman–Crippen MR) is 85.5 cm³/mol. The van der Waals surface area contributed by atoms with Crippen LogP contribution in [0.4, 0.5) is 4.39 Å². The van der Waals surface area contributed by atoms with Gasteiger partial charge in [-0.15, -0.1) is 12.4 Å². The third-order valence-corrected chi connectivity index (χ3v) is 3.20. The van der Waals surface area contributed by atoms with Gasteiger partial charge in [0, 0.05) is 12.1 Å². The normalized spacial score (nSPS) is 10.4. The molecule has 0 aliphatic rings. The standard InChI is InChI=1S/C17H20FN.ClH/c1-12(2)9-13-3-5-14(6-4-13)15-7-8-17(18)16(10-15)11-19;/h3-8,10,12H,9,11,19H2,1-2H3;1H. The van der Waals surface area contributed by atoms with E-state index in [1.54, 1.807) is 6.07 Å². The number of rotatable bonds is 4. The van der Waals surface area contributed by atoms with Crippen LogP contribution in [0.15, 0.2) is 42.5 Å². The Labute approximate surface area is 126 Å². The first kappa shape index (κ1) is 16.7. The summed E-state index contributed by atoms with van der Waals surface area (Å²) in [4.78, 5) is 0. The largest absolute Gasteiger partial charge is 0.326 e. The van der Waals surface area contributed by atoms with E-state index < -0.39 is 0 Å². The van der Waals surface area contributed by atoms with E-state index in [0.717, 1.165) is 17.5 Å². The summed E-state index contributed by atoms with van der Waals surface area (Å²) in [5, 5.41) is 0. The van der Waals surface area contributed by atoms with Crippen molar-refractivity contribution < 1.29 is 4.39 Å². The van der Waals surface area contributed by atoms with Gasteiger partial charge < -0.3 is 5.73 Å². The molecule has 0 aromatic heterocycles. The lowest BCUT2D eigenvalue weighted by molar-refractivity contribution is 0.611. The van der Waals surface area contributed by atoms with Gasteiger partial charge in [-0.25, -0.2) is 4.39 Å². The topological polar surface area (TPSA) is 26.0 Å². The predicted octanol–water partition coefficient (Wildman–Crippen LogP) is 4.57. The van der Waals surface area contributed by atoms with Gasteiger partial charge in [-0.2, -0.15) is 0 Å². The van der Waals surface area contributed by atoms with E-state index in [-0.39, 0.29) is 24.8 Å². The van der Waals surface area contributed by atoms with Crippen LogP contribution in [0, 0.1) is 11.7 Å². The SMILES string of the molecule is CC(C)Cc1ccc(-c2ccc(F)c(CN)c2)cc1.Cl. The van der Waals surface area contributed by atoms with Crippen LogP contribution in [0.25, 0.3) is 11.1 Å². The Balaban J connectivity index is 0.00000200. The van der Waals surface area contributed by atoms with Crippen molar-refractivity contribution >= 4 is 12.4 Å². The van der Waals surface area contributed by atoms with Crippen molar-refractivity contribution in [1.29, 1.82) is 0 Å². The fourth-order valence-electron chi connectivity index (χ4n) is 2.22. The molecule has 0 aliphatic heterocycles. The summed E-state index contributed by atoms with van der Waals surface area (Å²) in [6.07, 6.45) is 1.08. The third-order valence-electron chi connectivity index (χ3n) is 3.20. The van der Waals surface area contributed by atoms with Crippen molar-refractivity contribution in [3.8, 4) is 11.1 Å². The number of benzene rings is 2. The Hall–Kier alpha value is -1.38. The van der Waals surface area contributed by atoms with Crippen LogP contribution in [0.3, 0.4) is 0 Å². The van der Waals surface area contributed by atoms with Crippen LogP contribution < -0.4 is 5.73 Å². The molecule has 108 valence electrons. The van der Waals surface area contributed by atoms with Crippen LogP contribution in [-0.2, 0) is 13.0 Å². The van der Waals surface area contributed by atoms with Gasteiger partial charge in [0.1, 0.15) is 5.82 Å². The maximum atomic E-state index is 13.4. The van der Waals surface area contributed by atoms with Crippen molar-refractivity contribution in [1.82, 2.24) is 0 Å². The minimum atomic E-state index is -0.234. The number of hydrogen-bond acceptors (Lipinski definition) is 1. The molecule has 0 radical (unpaired) electrons. The van der Waals surface area contributed by atoms with Crippen LogP contribution in [0.1, 0.15) is 25.0 Å². The summed E-state index contributed by atoms with van der Waals surface area (Å²) >= 11 is 0. The molecule has 0 saturated heterocycles. The third kappa shape index (κ3) is 4.06. The molecule has 2 aromatic carbocycles. The molecule has 0 spiro atoms. The average Bonchev–Trinajstić information content (AvgIpc) is 2.40. The fourth-order valence-corrected chi connectivity index (χ4v) is 2.22. The van der Waals surface area contributed by atoms with Gasteiger partial charge in [-0.3, -0.25) is 0 Å². The van der Waals surface area contributed by atoms with Gasteiger partial charge in [0.05, 0.1) is 0 Å². The Kier molecular flexibility index (Phi) is 6.18. The number of nitrogens with two attached hydrogens (primary N) is 1. The zero-order chi connectivity index (χ0) is 13.8. The molecule has 2 aromatic rings. The van der Waals surface area contributed by atoms with E-state index in [9.17, 15) is 4.39 Å². The van der Waals surface area contributed by atoms with Crippen molar-refractivity contribution in [3.63, 3.8) is 0 Å². The zero-order valence-electron chi connectivity index (χ0n) is 11.9. The second-order valence-electron chi connectivity index (χ2n) is 5.31. The summed E-state index contributed by atoms with van der Waals surface area (Å²) in [5.41, 5.74) is 9.54. The Morgan fingerprint density at radius 1 is 1.00 bits per heavy atom. The summed E-state index contributed by atoms with van der Waals surface area (Å²) in [6, 6.07) is 13.6. The maximum Gasteiger partial charge on any atom is 0.127 e. The molecule has 0 atom stereocenters. The van der Waals surface area contributed by atoms with Crippen LogP contribution >= 0.6 is 12.4 Å². The monoisotopic (exact) mass is 293 g/mol. The first-order valence-electron chi connectivity index (χ1n) is 6.68. The van der Waals surface area contributed by atoms with Crippen LogP contribution in [-0.4, -0.2) is 0 Å². The maximum absolute atomic E-state index is 13.4. The zero-order valence-corrected chi connectivity index (χ0v) is 12.7. The minimum Gasteiger partial charge on any atom is -0.326 e. The Morgan fingerprint density at radius 3 is 2.15 bits per heavy atom. The van der Waals surface area contributed by atoms with Gasteiger partial charge in [-0.1, -0.05) is 44.2 Å². The van der Waals surface area contributed by atoms with Crippen molar-refractivity contribution in [2.24, 2.45) is 11.7 Å². The van der Waals surface area contributed by atoms with E-state index in [4.69, 9.17) is 5.73 Å². The summed E-state index contributed by atoms with van der Waals surface area (Å²) in [5.74, 6) is 0.420. The molecule has 3 heteroatoms. The smallest absolute Gasteiger partial charge is 0.127 e. The van der Waals surface area contributed by atoms with Gasteiger partial charge in [0.2, 0.25) is 0 Å². The summed E-state index contributed by atoms with van der Waals surface area (Å²) < 4.78 is 13.4. The number of halogens is 2. The van der Waals surface area contributed by atoms with E-state index in [2.05, 4.69) is 38.1 Å². The van der Waals surface area contributed by atoms with Gasteiger partial charge in [0.25, 0.3) is 0 Å². The molecule has 0 fully saturated rings. The first-order valence-corrected chi connectivity index (χ1v) is 6.68. The van der Waals surface area contributed by atoms with Gasteiger partial charge in [0.15, 0.2) is 0 Å². The molecule has 0 aliphatic carbocycles. The Morgan fingerprint density at radius 2 is 1.60 bits per heavy atom. The minimum absolute atomic E-state index is 0. The lowest BCUT2D eigenvalue weighted by Gasteiger charge is -2.08. The van der Waals surface area contributed by atoms with Gasteiger partial charge in [-0.05, 0) is 41.2 Å². The Bertz CT molecular complexity index is 549. The average molecular weight is 294 g/mol. The molecule has 0 amide bonds. The fraction of sp³-hybridized carbons (Fsp3) is 0.294. The molecule has 2 N–H and O–H groups in total. The van der Waals surface area contributed by atoms with Crippen molar-refractivity contribution in [2.45, 2.75) is 26.8 Å². The molecule has 20 heavy (non-hydrogen) atoms. The molecule has 2 rings (SSSR count). The van der Waals surface area contributed by atoms with Crippen molar-refractivity contribution in [2.75, 3.05) is 0 Å². The lowest BCUT2D eigenvalue weighted by atomic mass is 9.98. The molecular formula is C17H21ClFN.